The normalized spacial score (nSPS) is 20.4. The summed E-state index contributed by atoms with van der Waals surface area (Å²) in [5.74, 6) is 1.72. The maximum atomic E-state index is 11.5. The molecule has 2 aliphatic heterocycles. The van der Waals surface area contributed by atoms with Crippen molar-refractivity contribution in [3.8, 4) is 0 Å². The predicted molar refractivity (Wildman–Crippen MR) is 137 cm³/mol. The Balaban J connectivity index is 0.00000450. The monoisotopic (exact) mass is 536 g/mol. The molecule has 7 nitrogen and oxygen atoms in total. The van der Waals surface area contributed by atoms with Gasteiger partial charge in [0.05, 0.1) is 6.54 Å². The topological polar surface area (TPSA) is 63.2 Å². The number of likely N-dealkylation sites (tertiary alicyclic amines) is 1. The van der Waals surface area contributed by atoms with Crippen LogP contribution in [0.5, 0.6) is 0 Å². The zero-order valence-electron chi connectivity index (χ0n) is 19.7. The average Bonchev–Trinajstić information content (AvgIpc) is 2.97. The van der Waals surface area contributed by atoms with E-state index < -0.39 is 0 Å². The van der Waals surface area contributed by atoms with E-state index in [2.05, 4.69) is 41.2 Å². The Morgan fingerprint density at radius 1 is 0.967 bits per heavy atom. The van der Waals surface area contributed by atoms with E-state index in [1.54, 1.807) is 6.92 Å². The van der Waals surface area contributed by atoms with Crippen LogP contribution in [0.1, 0.15) is 53.4 Å². The molecular weight excluding hydrogens is 491 g/mol. The Labute approximate surface area is 201 Å². The molecule has 0 spiro atoms. The number of hydrogen-bond donors (Lipinski definition) is 2. The molecule has 0 aliphatic carbocycles. The van der Waals surface area contributed by atoms with E-state index in [4.69, 9.17) is 4.99 Å². The quantitative estimate of drug-likeness (QED) is 0.283. The van der Waals surface area contributed by atoms with E-state index in [9.17, 15) is 4.79 Å². The minimum Gasteiger partial charge on any atom is -0.357 e. The van der Waals surface area contributed by atoms with Crippen LogP contribution in [0.25, 0.3) is 0 Å². The molecule has 8 heteroatoms. The summed E-state index contributed by atoms with van der Waals surface area (Å²) in [6.45, 7) is 18.0. The molecule has 0 saturated carbocycles. The van der Waals surface area contributed by atoms with Gasteiger partial charge in [-0.3, -0.25) is 19.6 Å². The number of aliphatic imine (C=N–C) groups is 1. The molecule has 0 radical (unpaired) electrons. The Hall–Kier alpha value is -0.610. The third kappa shape index (κ3) is 9.68. The number of amides is 1. The maximum absolute atomic E-state index is 11.5. The van der Waals surface area contributed by atoms with Gasteiger partial charge >= 0.3 is 0 Å². The summed E-state index contributed by atoms with van der Waals surface area (Å²) in [7, 11) is 0. The second-order valence-electron chi connectivity index (χ2n) is 8.76. The smallest absolute Gasteiger partial charge is 0.219 e. The van der Waals surface area contributed by atoms with Crippen molar-refractivity contribution in [2.24, 2.45) is 10.9 Å². The number of nitrogens with zero attached hydrogens (tertiary/aromatic N) is 4. The van der Waals surface area contributed by atoms with Gasteiger partial charge < -0.3 is 15.5 Å². The van der Waals surface area contributed by atoms with Gasteiger partial charge in [-0.2, -0.15) is 0 Å². The van der Waals surface area contributed by atoms with E-state index in [1.807, 2.05) is 4.90 Å². The van der Waals surface area contributed by atoms with Crippen molar-refractivity contribution in [2.75, 3.05) is 65.4 Å². The van der Waals surface area contributed by atoms with Gasteiger partial charge in [-0.15, -0.1) is 24.0 Å². The number of carbonyl (C=O) groups is 1. The fraction of sp³-hybridized carbons (Fsp3) is 0.909. The molecule has 2 fully saturated rings. The van der Waals surface area contributed by atoms with Crippen LogP contribution in [0, 0.1) is 5.92 Å². The van der Waals surface area contributed by atoms with Crippen LogP contribution in [-0.2, 0) is 4.79 Å². The third-order valence-corrected chi connectivity index (χ3v) is 6.20. The van der Waals surface area contributed by atoms with E-state index in [0.29, 0.717) is 12.0 Å². The van der Waals surface area contributed by atoms with Crippen LogP contribution in [0.2, 0.25) is 0 Å². The van der Waals surface area contributed by atoms with Crippen LogP contribution >= 0.6 is 24.0 Å². The molecule has 2 rings (SSSR count). The van der Waals surface area contributed by atoms with Gasteiger partial charge in [0.15, 0.2) is 5.96 Å². The summed E-state index contributed by atoms with van der Waals surface area (Å²) in [5.41, 5.74) is 0. The Morgan fingerprint density at radius 3 is 2.13 bits per heavy atom. The lowest BCUT2D eigenvalue weighted by atomic mass is 10.0. The molecule has 0 aromatic carbocycles. The highest BCUT2D eigenvalue weighted by Gasteiger charge is 2.23. The molecule has 0 aromatic heterocycles. The fourth-order valence-electron chi connectivity index (χ4n) is 4.32. The molecule has 1 amide bonds. The maximum Gasteiger partial charge on any atom is 0.219 e. The van der Waals surface area contributed by atoms with Crippen molar-refractivity contribution in [1.82, 2.24) is 25.3 Å². The Kier molecular flexibility index (Phi) is 13.9. The highest BCUT2D eigenvalue weighted by atomic mass is 127. The standard InChI is InChI=1S/C22H44N6O.HI/c1-5-23-22(24-10-13-26-14-16-27(17-15-26)20(4)29)25-18-21(19(2)3)28-11-8-6-7-9-12-28;/h19,21H,5-18H2,1-4H3,(H2,23,24,25);1H. The van der Waals surface area contributed by atoms with Crippen molar-refractivity contribution >= 4 is 35.8 Å². The van der Waals surface area contributed by atoms with Crippen LogP contribution in [0.4, 0.5) is 0 Å². The van der Waals surface area contributed by atoms with E-state index in [-0.39, 0.29) is 29.9 Å². The lowest BCUT2D eigenvalue weighted by molar-refractivity contribution is -0.130. The molecule has 2 N–H and O–H groups in total. The number of piperazine rings is 1. The number of hydrogen-bond acceptors (Lipinski definition) is 4. The molecular formula is C22H45IN6O. The number of halogens is 1. The van der Waals surface area contributed by atoms with Crippen LogP contribution < -0.4 is 10.6 Å². The highest BCUT2D eigenvalue weighted by Crippen LogP contribution is 2.17. The second-order valence-corrected chi connectivity index (χ2v) is 8.76. The zero-order valence-corrected chi connectivity index (χ0v) is 22.0. The van der Waals surface area contributed by atoms with Gasteiger partial charge in [0.2, 0.25) is 5.91 Å². The van der Waals surface area contributed by atoms with Gasteiger partial charge in [-0.05, 0) is 38.8 Å². The fourth-order valence-corrected chi connectivity index (χ4v) is 4.32. The molecule has 0 bridgehead atoms. The highest BCUT2D eigenvalue weighted by molar-refractivity contribution is 14.0. The number of guanidine groups is 1. The predicted octanol–water partition coefficient (Wildman–Crippen LogP) is 2.22. The molecule has 2 aliphatic rings. The Morgan fingerprint density at radius 2 is 1.60 bits per heavy atom. The number of rotatable bonds is 8. The van der Waals surface area contributed by atoms with Gasteiger partial charge in [-0.1, -0.05) is 26.7 Å². The Bertz CT molecular complexity index is 500. The molecule has 30 heavy (non-hydrogen) atoms. The van der Waals surface area contributed by atoms with Gasteiger partial charge in [0, 0.05) is 58.8 Å². The van der Waals surface area contributed by atoms with Gasteiger partial charge in [-0.25, -0.2) is 0 Å². The summed E-state index contributed by atoms with van der Waals surface area (Å²) in [6.07, 6.45) is 5.38. The minimum absolute atomic E-state index is 0. The van der Waals surface area contributed by atoms with Crippen LogP contribution in [0.3, 0.4) is 0 Å². The van der Waals surface area contributed by atoms with Gasteiger partial charge in [0.1, 0.15) is 0 Å². The number of nitrogens with one attached hydrogen (secondary N) is 2. The lowest BCUT2D eigenvalue weighted by Gasteiger charge is -2.34. The van der Waals surface area contributed by atoms with Crippen LogP contribution in [0.15, 0.2) is 4.99 Å². The summed E-state index contributed by atoms with van der Waals surface area (Å²) in [6, 6.07) is 0.517. The molecule has 2 saturated heterocycles. The first-order chi connectivity index (χ1) is 14.0. The number of carbonyl (C=O) groups excluding carboxylic acids is 1. The summed E-state index contributed by atoms with van der Waals surface area (Å²) in [5, 5.41) is 6.91. The minimum atomic E-state index is 0. The largest absolute Gasteiger partial charge is 0.357 e. The molecule has 176 valence electrons. The van der Waals surface area contributed by atoms with E-state index in [0.717, 1.165) is 58.3 Å². The van der Waals surface area contributed by atoms with Crippen molar-refractivity contribution in [1.29, 1.82) is 0 Å². The lowest BCUT2D eigenvalue weighted by Crippen LogP contribution is -2.50. The van der Waals surface area contributed by atoms with Gasteiger partial charge in [0.25, 0.3) is 0 Å². The molecule has 1 atom stereocenters. The average molecular weight is 537 g/mol. The molecule has 2 heterocycles. The van der Waals surface area contributed by atoms with Crippen molar-refractivity contribution in [3.63, 3.8) is 0 Å². The molecule has 0 aromatic rings. The summed E-state index contributed by atoms with van der Waals surface area (Å²) >= 11 is 0. The van der Waals surface area contributed by atoms with E-state index >= 15 is 0 Å². The third-order valence-electron chi connectivity index (χ3n) is 6.20. The first-order valence-electron chi connectivity index (χ1n) is 11.7. The molecule has 1 unspecified atom stereocenters. The van der Waals surface area contributed by atoms with Crippen molar-refractivity contribution < 1.29 is 4.79 Å². The first kappa shape index (κ1) is 27.4. The zero-order chi connectivity index (χ0) is 21.1. The SMILES string of the molecule is CCNC(=NCC(C(C)C)N1CCCCCC1)NCCN1CCN(C(C)=O)CC1.I. The van der Waals surface area contributed by atoms with E-state index in [1.165, 1.54) is 38.8 Å². The van der Waals surface area contributed by atoms with Crippen molar-refractivity contribution in [2.45, 2.75) is 59.4 Å². The first-order valence-corrected chi connectivity index (χ1v) is 11.7. The van der Waals surface area contributed by atoms with Crippen LogP contribution in [-0.4, -0.2) is 98.1 Å². The second kappa shape index (κ2) is 15.2. The summed E-state index contributed by atoms with van der Waals surface area (Å²) < 4.78 is 0. The van der Waals surface area contributed by atoms with Crippen molar-refractivity contribution in [3.05, 3.63) is 0 Å². The summed E-state index contributed by atoms with van der Waals surface area (Å²) in [4.78, 5) is 23.4.